The summed E-state index contributed by atoms with van der Waals surface area (Å²) in [7, 11) is 0. The maximum Gasteiger partial charge on any atom is 0.411 e. The molecule has 8 heteroatoms. The van der Waals surface area contributed by atoms with E-state index in [0.717, 1.165) is 11.1 Å². The molecule has 0 aliphatic heterocycles. The number of ether oxygens (including phenoxy) is 1. The van der Waals surface area contributed by atoms with Crippen molar-refractivity contribution in [2.75, 3.05) is 11.9 Å². The largest absolute Gasteiger partial charge is 0.411 e. The van der Waals surface area contributed by atoms with Crippen LogP contribution in [-0.2, 0) is 16.3 Å². The Balaban J connectivity index is 1.73. The third-order valence-electron chi connectivity index (χ3n) is 3.82. The van der Waals surface area contributed by atoms with E-state index in [9.17, 15) is 18.0 Å². The van der Waals surface area contributed by atoms with Gasteiger partial charge in [0.05, 0.1) is 18.1 Å². The van der Waals surface area contributed by atoms with Crippen molar-refractivity contribution in [3.05, 3.63) is 84.2 Å². The highest BCUT2D eigenvalue weighted by Gasteiger charge is 2.27. The van der Waals surface area contributed by atoms with Crippen molar-refractivity contribution in [3.63, 3.8) is 0 Å². The summed E-state index contributed by atoms with van der Waals surface area (Å²) in [4.78, 5) is 12.9. The first-order valence-electron chi connectivity index (χ1n) is 8.71. The number of aromatic nitrogens is 2. The van der Waals surface area contributed by atoms with Gasteiger partial charge in [-0.05, 0) is 17.2 Å². The summed E-state index contributed by atoms with van der Waals surface area (Å²) in [5.74, 6) is -0.365. The Morgan fingerprint density at radius 3 is 2.38 bits per heavy atom. The van der Waals surface area contributed by atoms with Gasteiger partial charge in [-0.15, -0.1) is 0 Å². The zero-order chi connectivity index (χ0) is 20.7. The lowest BCUT2D eigenvalue weighted by atomic mass is 10.0. The van der Waals surface area contributed by atoms with Gasteiger partial charge in [-0.25, -0.2) is 4.68 Å². The molecule has 0 aliphatic carbocycles. The number of hydrogen-bond donors (Lipinski definition) is 1. The van der Waals surface area contributed by atoms with Gasteiger partial charge in [0.1, 0.15) is 13.3 Å². The molecule has 0 saturated heterocycles. The number of benzene rings is 2. The number of amides is 1. The molecule has 5 nitrogen and oxygen atoms in total. The zero-order valence-corrected chi connectivity index (χ0v) is 15.3. The van der Waals surface area contributed by atoms with Crippen LogP contribution in [0.1, 0.15) is 11.1 Å². The molecule has 1 heterocycles. The highest BCUT2D eigenvalue weighted by Crippen LogP contribution is 2.21. The topological polar surface area (TPSA) is 56.2 Å². The van der Waals surface area contributed by atoms with Crippen molar-refractivity contribution in [3.8, 4) is 0 Å². The fourth-order valence-electron chi connectivity index (χ4n) is 2.57. The van der Waals surface area contributed by atoms with E-state index < -0.39 is 12.8 Å². The average molecular weight is 401 g/mol. The Labute approximate surface area is 165 Å². The monoisotopic (exact) mass is 401 g/mol. The summed E-state index contributed by atoms with van der Waals surface area (Å²) in [6, 6.07) is 18.6. The van der Waals surface area contributed by atoms with Crippen molar-refractivity contribution in [1.82, 2.24) is 9.78 Å². The molecule has 0 unspecified atom stereocenters. The third-order valence-corrected chi connectivity index (χ3v) is 3.82. The van der Waals surface area contributed by atoms with E-state index in [1.807, 2.05) is 60.7 Å². The Kier molecular flexibility index (Phi) is 6.46. The van der Waals surface area contributed by atoms with Gasteiger partial charge in [0.2, 0.25) is 0 Å². The van der Waals surface area contributed by atoms with Crippen molar-refractivity contribution in [2.24, 2.45) is 0 Å². The molecule has 29 heavy (non-hydrogen) atoms. The maximum absolute atomic E-state index is 12.9. The van der Waals surface area contributed by atoms with Crippen LogP contribution in [0.4, 0.5) is 18.9 Å². The first kappa shape index (κ1) is 20.3. The van der Waals surface area contributed by atoms with Crippen LogP contribution in [0, 0.1) is 0 Å². The fraction of sp³-hybridized carbons (Fsp3) is 0.143. The van der Waals surface area contributed by atoms with Gasteiger partial charge in [-0.1, -0.05) is 60.7 Å². The second-order valence-electron chi connectivity index (χ2n) is 6.15. The van der Waals surface area contributed by atoms with E-state index in [2.05, 4.69) is 15.2 Å². The molecular weight excluding hydrogens is 383 g/mol. The summed E-state index contributed by atoms with van der Waals surface area (Å²) in [6.45, 7) is -1.74. The lowest BCUT2D eigenvalue weighted by molar-refractivity contribution is -0.182. The molecule has 0 bridgehead atoms. The number of carbonyl (C=O) groups excluding carboxylic acids is 1. The van der Waals surface area contributed by atoms with Gasteiger partial charge in [-0.2, -0.15) is 18.3 Å². The minimum Gasteiger partial charge on any atom is -0.350 e. The quantitative estimate of drug-likeness (QED) is 0.465. The second-order valence-corrected chi connectivity index (χ2v) is 6.15. The normalized spacial score (nSPS) is 12.0. The second kappa shape index (κ2) is 9.20. The van der Waals surface area contributed by atoms with Crippen molar-refractivity contribution in [1.29, 1.82) is 0 Å². The number of halogens is 3. The Morgan fingerprint density at radius 1 is 1.07 bits per heavy atom. The van der Waals surface area contributed by atoms with E-state index in [0.29, 0.717) is 11.3 Å². The van der Waals surface area contributed by atoms with Crippen LogP contribution in [0.2, 0.25) is 0 Å². The number of alkyl halides is 3. The van der Waals surface area contributed by atoms with E-state index in [1.165, 1.54) is 17.1 Å². The molecular formula is C21H18F3N3O2. The van der Waals surface area contributed by atoms with E-state index in [4.69, 9.17) is 0 Å². The predicted molar refractivity (Wildman–Crippen MR) is 104 cm³/mol. The Hall–Kier alpha value is -3.39. The molecule has 1 aromatic heterocycles. The number of anilines is 1. The lowest BCUT2D eigenvalue weighted by Gasteiger charge is -2.09. The molecule has 2 aromatic carbocycles. The summed E-state index contributed by atoms with van der Waals surface area (Å²) >= 11 is 0. The first-order valence-corrected chi connectivity index (χ1v) is 8.71. The van der Waals surface area contributed by atoms with Crippen LogP contribution >= 0.6 is 0 Å². The molecule has 0 aliphatic rings. The molecule has 3 rings (SSSR count). The third kappa shape index (κ3) is 6.32. The SMILES string of the molecule is O=C(Nc1cnn(COCC(F)(F)F)c1)/C(=C\c1ccccc1)c1ccccc1. The smallest absolute Gasteiger partial charge is 0.350 e. The number of hydrogen-bond acceptors (Lipinski definition) is 3. The van der Waals surface area contributed by atoms with Gasteiger partial charge in [-0.3, -0.25) is 4.79 Å². The zero-order valence-electron chi connectivity index (χ0n) is 15.3. The van der Waals surface area contributed by atoms with E-state index in [1.54, 1.807) is 6.08 Å². The van der Waals surface area contributed by atoms with Crippen LogP contribution in [-0.4, -0.2) is 28.5 Å². The Morgan fingerprint density at radius 2 is 1.72 bits per heavy atom. The Bertz CT molecular complexity index is 968. The van der Waals surface area contributed by atoms with Gasteiger partial charge < -0.3 is 10.1 Å². The highest BCUT2D eigenvalue weighted by atomic mass is 19.4. The summed E-state index contributed by atoms with van der Waals surface area (Å²) in [5, 5.41) is 6.61. The predicted octanol–water partition coefficient (Wildman–Crippen LogP) is 4.60. The minimum absolute atomic E-state index is 0.348. The number of carbonyl (C=O) groups is 1. The molecule has 150 valence electrons. The summed E-state index contributed by atoms with van der Waals surface area (Å²) in [5.41, 5.74) is 2.38. The van der Waals surface area contributed by atoms with E-state index >= 15 is 0 Å². The fourth-order valence-corrected chi connectivity index (χ4v) is 2.57. The molecule has 0 fully saturated rings. The lowest BCUT2D eigenvalue weighted by Crippen LogP contribution is -2.18. The van der Waals surface area contributed by atoms with Gasteiger partial charge in [0.15, 0.2) is 0 Å². The molecule has 1 N–H and O–H groups in total. The number of rotatable bonds is 7. The van der Waals surface area contributed by atoms with Crippen molar-refractivity contribution < 1.29 is 22.7 Å². The van der Waals surface area contributed by atoms with Gasteiger partial charge >= 0.3 is 6.18 Å². The average Bonchev–Trinajstić information content (AvgIpc) is 3.13. The molecule has 0 radical (unpaired) electrons. The van der Waals surface area contributed by atoms with Crippen molar-refractivity contribution in [2.45, 2.75) is 12.9 Å². The summed E-state index contributed by atoms with van der Waals surface area (Å²) in [6.07, 6.45) is 0.109. The number of nitrogens with zero attached hydrogens (tertiary/aromatic N) is 2. The minimum atomic E-state index is -4.41. The first-order chi connectivity index (χ1) is 13.9. The highest BCUT2D eigenvalue weighted by molar-refractivity contribution is 6.29. The van der Waals surface area contributed by atoms with Gasteiger partial charge in [0, 0.05) is 5.57 Å². The standard InChI is InChI=1S/C21H18F3N3O2/c22-21(23,24)14-29-15-27-13-18(12-25-27)26-20(28)19(17-9-5-2-6-10-17)11-16-7-3-1-4-8-16/h1-13H,14-15H2,(H,26,28)/b19-11-. The van der Waals surface area contributed by atoms with E-state index in [-0.39, 0.29) is 12.6 Å². The van der Waals surface area contributed by atoms with Gasteiger partial charge in [0.25, 0.3) is 5.91 Å². The van der Waals surface area contributed by atoms with Crippen LogP contribution in [0.15, 0.2) is 73.1 Å². The van der Waals surface area contributed by atoms with Crippen LogP contribution in [0.25, 0.3) is 11.6 Å². The molecule has 0 saturated carbocycles. The van der Waals surface area contributed by atoms with Crippen molar-refractivity contribution >= 4 is 23.2 Å². The van der Waals surface area contributed by atoms with Crippen LogP contribution in [0.5, 0.6) is 0 Å². The van der Waals surface area contributed by atoms with Crippen LogP contribution in [0.3, 0.4) is 0 Å². The maximum atomic E-state index is 12.9. The molecule has 1 amide bonds. The summed E-state index contributed by atoms with van der Waals surface area (Å²) < 4.78 is 42.2. The molecule has 3 aromatic rings. The molecule has 0 spiro atoms. The number of nitrogens with one attached hydrogen (secondary N) is 1. The molecule has 0 atom stereocenters. The van der Waals surface area contributed by atoms with Crippen LogP contribution < -0.4 is 5.32 Å².